The van der Waals surface area contributed by atoms with Crippen LogP contribution in [-0.2, 0) is 22.5 Å². The van der Waals surface area contributed by atoms with Crippen molar-refractivity contribution in [2.24, 2.45) is 5.92 Å². The van der Waals surface area contributed by atoms with Gasteiger partial charge in [0.05, 0.1) is 30.3 Å². The summed E-state index contributed by atoms with van der Waals surface area (Å²) < 4.78 is 7.09. The Morgan fingerprint density at radius 2 is 1.85 bits per heavy atom. The van der Waals surface area contributed by atoms with Gasteiger partial charge in [-0.1, -0.05) is 0 Å². The summed E-state index contributed by atoms with van der Waals surface area (Å²) in [6.07, 6.45) is 9.23. The fourth-order valence-corrected chi connectivity index (χ4v) is 4.69. The van der Waals surface area contributed by atoms with E-state index in [1.807, 2.05) is 53.0 Å². The van der Waals surface area contributed by atoms with Crippen LogP contribution in [0.5, 0.6) is 0 Å². The number of aromatic nitrogens is 4. The van der Waals surface area contributed by atoms with Gasteiger partial charge >= 0.3 is 5.97 Å². The van der Waals surface area contributed by atoms with E-state index in [4.69, 9.17) is 4.74 Å². The smallest absolute Gasteiger partial charge is 0.309 e. The lowest BCUT2D eigenvalue weighted by molar-refractivity contribution is -0.148. The van der Waals surface area contributed by atoms with E-state index in [0.29, 0.717) is 31.7 Å². The molecule has 0 aliphatic carbocycles. The summed E-state index contributed by atoms with van der Waals surface area (Å²) in [5.41, 5.74) is 2.55. The molecule has 0 radical (unpaired) electrons. The summed E-state index contributed by atoms with van der Waals surface area (Å²) in [6, 6.07) is 7.55. The van der Waals surface area contributed by atoms with Crippen LogP contribution in [0.3, 0.4) is 0 Å². The number of esters is 1. The fraction of sp³-hybridized carbons (Fsp3) is 0.400. The van der Waals surface area contributed by atoms with Gasteiger partial charge < -0.3 is 19.1 Å². The molecule has 0 spiro atoms. The van der Waals surface area contributed by atoms with Gasteiger partial charge in [-0.05, 0) is 44.0 Å². The van der Waals surface area contributed by atoms with Crippen LogP contribution in [0.2, 0.25) is 0 Å². The van der Waals surface area contributed by atoms with Crippen molar-refractivity contribution in [2.75, 3.05) is 31.1 Å². The van der Waals surface area contributed by atoms with E-state index in [-0.39, 0.29) is 17.8 Å². The van der Waals surface area contributed by atoms with E-state index in [0.717, 1.165) is 48.8 Å². The van der Waals surface area contributed by atoms with E-state index < -0.39 is 0 Å². The van der Waals surface area contributed by atoms with Crippen LogP contribution in [0.1, 0.15) is 41.4 Å². The molecule has 0 aromatic carbocycles. The highest BCUT2D eigenvalue weighted by Crippen LogP contribution is 2.30. The van der Waals surface area contributed by atoms with Gasteiger partial charge in [0, 0.05) is 50.2 Å². The molecule has 0 saturated carbocycles. The minimum absolute atomic E-state index is 0.0481. The average molecular weight is 461 g/mol. The molecule has 1 saturated heterocycles. The number of amides is 1. The maximum Gasteiger partial charge on any atom is 0.309 e. The van der Waals surface area contributed by atoms with Gasteiger partial charge in [0.25, 0.3) is 5.91 Å². The third kappa shape index (κ3) is 4.37. The van der Waals surface area contributed by atoms with Crippen LogP contribution in [0.25, 0.3) is 5.82 Å². The number of hydrogen-bond donors (Lipinski definition) is 0. The number of carbonyl (C=O) groups excluding carboxylic acids is 2. The molecule has 9 heteroatoms. The molecule has 0 N–H and O–H groups in total. The van der Waals surface area contributed by atoms with Gasteiger partial charge in [-0.3, -0.25) is 9.59 Å². The molecule has 2 aliphatic rings. The average Bonchev–Trinajstić information content (AvgIpc) is 3.43. The van der Waals surface area contributed by atoms with Crippen LogP contribution in [0.15, 0.2) is 49.2 Å². The predicted molar refractivity (Wildman–Crippen MR) is 126 cm³/mol. The van der Waals surface area contributed by atoms with Crippen molar-refractivity contribution >= 4 is 17.7 Å². The SMILES string of the molecule is CCOC(=O)C1CCN(c2ncnc3c2CN(C(=O)c2ccc(-n4cccc4)nc2)CC3)CC1. The van der Waals surface area contributed by atoms with E-state index >= 15 is 0 Å². The van der Waals surface area contributed by atoms with Crippen molar-refractivity contribution in [3.8, 4) is 5.82 Å². The molecule has 5 rings (SSSR count). The number of piperidine rings is 1. The molecule has 176 valence electrons. The molecule has 9 nitrogen and oxygen atoms in total. The van der Waals surface area contributed by atoms with Crippen molar-refractivity contribution in [1.82, 2.24) is 24.4 Å². The summed E-state index contributed by atoms with van der Waals surface area (Å²) in [5, 5.41) is 0. The first kappa shape index (κ1) is 22.1. The highest BCUT2D eigenvalue weighted by Gasteiger charge is 2.31. The molecule has 3 aromatic heterocycles. The number of anilines is 1. The summed E-state index contributed by atoms with van der Waals surface area (Å²) >= 11 is 0. The quantitative estimate of drug-likeness (QED) is 0.541. The second-order valence-corrected chi connectivity index (χ2v) is 8.61. The van der Waals surface area contributed by atoms with Crippen molar-refractivity contribution in [2.45, 2.75) is 32.7 Å². The Balaban J connectivity index is 1.29. The molecular weight excluding hydrogens is 432 g/mol. The van der Waals surface area contributed by atoms with Gasteiger partial charge in [-0.25, -0.2) is 15.0 Å². The summed E-state index contributed by atoms with van der Waals surface area (Å²) in [6.45, 7) is 4.76. The minimum atomic E-state index is -0.111. The van der Waals surface area contributed by atoms with E-state index in [1.54, 1.807) is 12.5 Å². The zero-order chi connectivity index (χ0) is 23.5. The van der Waals surface area contributed by atoms with Crippen molar-refractivity contribution in [3.05, 3.63) is 66.0 Å². The highest BCUT2D eigenvalue weighted by molar-refractivity contribution is 5.94. The normalized spacial score (nSPS) is 16.3. The second kappa shape index (κ2) is 9.62. The third-order valence-corrected chi connectivity index (χ3v) is 6.54. The standard InChI is InChI=1S/C25H28N6O3/c1-2-34-25(33)18-7-12-30(13-8-18)23-20-16-31(14-9-21(20)27-17-28-23)24(32)19-5-6-22(26-15-19)29-10-3-4-11-29/h3-6,10-11,15,17-18H,2,7-9,12-14,16H2,1H3. The van der Waals surface area contributed by atoms with Crippen LogP contribution >= 0.6 is 0 Å². The molecule has 0 unspecified atom stereocenters. The Morgan fingerprint density at radius 3 is 2.56 bits per heavy atom. The van der Waals surface area contributed by atoms with Gasteiger partial charge in [0.15, 0.2) is 0 Å². The van der Waals surface area contributed by atoms with Crippen LogP contribution in [0.4, 0.5) is 5.82 Å². The molecule has 3 aromatic rings. The Hall–Kier alpha value is -3.75. The Kier molecular flexibility index (Phi) is 6.24. The van der Waals surface area contributed by atoms with Crippen LogP contribution in [-0.4, -0.2) is 62.5 Å². The number of fused-ring (bicyclic) bond motifs is 1. The van der Waals surface area contributed by atoms with E-state index in [1.165, 1.54) is 0 Å². The zero-order valence-corrected chi connectivity index (χ0v) is 19.3. The lowest BCUT2D eigenvalue weighted by Crippen LogP contribution is -2.41. The molecule has 34 heavy (non-hydrogen) atoms. The number of pyridine rings is 1. The van der Waals surface area contributed by atoms with Crippen molar-refractivity contribution in [3.63, 3.8) is 0 Å². The maximum absolute atomic E-state index is 13.2. The lowest BCUT2D eigenvalue weighted by Gasteiger charge is -2.35. The second-order valence-electron chi connectivity index (χ2n) is 8.61. The molecule has 0 bridgehead atoms. The third-order valence-electron chi connectivity index (χ3n) is 6.54. The molecule has 5 heterocycles. The van der Waals surface area contributed by atoms with Crippen molar-refractivity contribution in [1.29, 1.82) is 0 Å². The summed E-state index contributed by atoms with van der Waals surface area (Å²) in [7, 11) is 0. The Morgan fingerprint density at radius 1 is 1.06 bits per heavy atom. The van der Waals surface area contributed by atoms with E-state index in [2.05, 4.69) is 19.9 Å². The summed E-state index contributed by atoms with van der Waals surface area (Å²) in [5.74, 6) is 1.42. The molecular formula is C25H28N6O3. The van der Waals surface area contributed by atoms with Gasteiger partial charge in [-0.15, -0.1) is 0 Å². The number of hydrogen-bond acceptors (Lipinski definition) is 7. The van der Waals surface area contributed by atoms with Gasteiger partial charge in [0.1, 0.15) is 18.0 Å². The van der Waals surface area contributed by atoms with Crippen LogP contribution < -0.4 is 4.90 Å². The van der Waals surface area contributed by atoms with E-state index in [9.17, 15) is 9.59 Å². The molecule has 0 atom stereocenters. The van der Waals surface area contributed by atoms with Crippen LogP contribution in [0, 0.1) is 5.92 Å². The largest absolute Gasteiger partial charge is 0.466 e. The molecule has 1 amide bonds. The predicted octanol–water partition coefficient (Wildman–Crippen LogP) is 2.64. The van der Waals surface area contributed by atoms with Gasteiger partial charge in [-0.2, -0.15) is 0 Å². The zero-order valence-electron chi connectivity index (χ0n) is 19.3. The van der Waals surface area contributed by atoms with Crippen molar-refractivity contribution < 1.29 is 14.3 Å². The Bertz CT molecular complexity index is 1150. The highest BCUT2D eigenvalue weighted by atomic mass is 16.5. The monoisotopic (exact) mass is 460 g/mol. The maximum atomic E-state index is 13.2. The fourth-order valence-electron chi connectivity index (χ4n) is 4.69. The molecule has 2 aliphatic heterocycles. The Labute approximate surface area is 198 Å². The number of ether oxygens (including phenoxy) is 1. The first-order valence-corrected chi connectivity index (χ1v) is 11.8. The molecule has 1 fully saturated rings. The topological polar surface area (TPSA) is 93.5 Å². The first-order valence-electron chi connectivity index (χ1n) is 11.8. The minimum Gasteiger partial charge on any atom is -0.466 e. The summed E-state index contributed by atoms with van der Waals surface area (Å²) in [4.78, 5) is 42.9. The number of rotatable bonds is 5. The first-order chi connectivity index (χ1) is 16.6. The number of nitrogens with zero attached hydrogens (tertiary/aromatic N) is 6. The number of carbonyl (C=O) groups is 2. The van der Waals surface area contributed by atoms with Gasteiger partial charge in [0.2, 0.25) is 0 Å². The lowest BCUT2D eigenvalue weighted by atomic mass is 9.96.